The minimum atomic E-state index is 0.534. The second-order valence-corrected chi connectivity index (χ2v) is 14.1. The standard InChI is InChI=1S/C46H27N3OS/c1-4-19-40-34(14-1)35-15-2-5-20-41(35)49(40)32-13-8-12-31(25-32)39-27-47-44-38-26-29(22-23-42(38)50-46(44)48-39)28-10-7-11-30(24-28)33-17-9-18-37-36-16-3-6-21-43(36)51-45(33)37/h1-27H. The largest absolute Gasteiger partial charge is 0.436 e. The van der Waals surface area contributed by atoms with Crippen LogP contribution in [-0.2, 0) is 0 Å². The number of rotatable bonds is 4. The van der Waals surface area contributed by atoms with Gasteiger partial charge in [0.2, 0.25) is 5.71 Å². The molecule has 0 aliphatic rings. The van der Waals surface area contributed by atoms with Gasteiger partial charge in [-0.2, -0.15) is 0 Å². The predicted molar refractivity (Wildman–Crippen MR) is 213 cm³/mol. The number of nitrogens with zero attached hydrogens (tertiary/aromatic N) is 3. The van der Waals surface area contributed by atoms with E-state index in [1.54, 1.807) is 0 Å². The maximum absolute atomic E-state index is 6.32. The zero-order valence-corrected chi connectivity index (χ0v) is 28.1. The van der Waals surface area contributed by atoms with Gasteiger partial charge in [0.15, 0.2) is 0 Å². The van der Waals surface area contributed by atoms with Gasteiger partial charge in [0.1, 0.15) is 11.1 Å². The lowest BCUT2D eigenvalue weighted by Crippen LogP contribution is -1.95. The van der Waals surface area contributed by atoms with E-state index in [2.05, 4.69) is 156 Å². The molecule has 0 saturated carbocycles. The van der Waals surface area contributed by atoms with Crippen LogP contribution < -0.4 is 0 Å². The van der Waals surface area contributed by atoms with Crippen molar-refractivity contribution in [2.45, 2.75) is 0 Å². The van der Waals surface area contributed by atoms with Crippen LogP contribution in [0.5, 0.6) is 0 Å². The van der Waals surface area contributed by atoms with E-state index in [-0.39, 0.29) is 0 Å². The van der Waals surface area contributed by atoms with Gasteiger partial charge in [0, 0.05) is 47.6 Å². The first-order chi connectivity index (χ1) is 25.3. The van der Waals surface area contributed by atoms with E-state index in [0.717, 1.165) is 44.6 Å². The quantitative estimate of drug-likeness (QED) is 0.187. The molecule has 0 amide bonds. The number of fused-ring (bicyclic) bond motifs is 9. The Morgan fingerprint density at radius 2 is 1.20 bits per heavy atom. The minimum Gasteiger partial charge on any atom is -0.436 e. The zero-order chi connectivity index (χ0) is 33.5. The lowest BCUT2D eigenvalue weighted by atomic mass is 9.97. The maximum atomic E-state index is 6.32. The van der Waals surface area contributed by atoms with Crippen LogP contribution in [0, 0.1) is 0 Å². The van der Waals surface area contributed by atoms with Gasteiger partial charge in [-0.05, 0) is 70.8 Å². The van der Waals surface area contributed by atoms with E-state index in [1.165, 1.54) is 53.1 Å². The Kier molecular flexibility index (Phi) is 6.09. The number of benzene rings is 7. The Morgan fingerprint density at radius 3 is 2.06 bits per heavy atom. The van der Waals surface area contributed by atoms with Crippen LogP contribution in [0.3, 0.4) is 0 Å². The molecule has 0 saturated heterocycles. The van der Waals surface area contributed by atoms with E-state index in [4.69, 9.17) is 14.4 Å². The molecule has 11 rings (SSSR count). The third-order valence-corrected chi connectivity index (χ3v) is 11.3. The first kappa shape index (κ1) is 28.3. The molecule has 0 aliphatic carbocycles. The molecule has 0 fully saturated rings. The lowest BCUT2D eigenvalue weighted by molar-refractivity contribution is 0.653. The molecule has 7 aromatic carbocycles. The molecular weight excluding hydrogens is 643 g/mol. The second-order valence-electron chi connectivity index (χ2n) is 13.0. The average molecular weight is 670 g/mol. The fraction of sp³-hybridized carbons (Fsp3) is 0. The number of hydrogen-bond donors (Lipinski definition) is 0. The third kappa shape index (κ3) is 4.38. The SMILES string of the molecule is c1cc(-c2ccc3oc4nc(-c5cccc(-n6c7ccccc7c7ccccc76)c5)cnc4c3c2)cc(-c2cccc3c2sc2ccccc23)c1. The van der Waals surface area contributed by atoms with Gasteiger partial charge in [-0.3, -0.25) is 0 Å². The topological polar surface area (TPSA) is 43.9 Å². The Labute approximate surface area is 296 Å². The summed E-state index contributed by atoms with van der Waals surface area (Å²) in [5.41, 5.74) is 12.0. The summed E-state index contributed by atoms with van der Waals surface area (Å²) in [6.45, 7) is 0. The first-order valence-electron chi connectivity index (χ1n) is 17.1. The summed E-state index contributed by atoms with van der Waals surface area (Å²) >= 11 is 1.86. The number of hydrogen-bond acceptors (Lipinski definition) is 4. The second kappa shape index (κ2) is 11.0. The van der Waals surface area contributed by atoms with Gasteiger partial charge >= 0.3 is 0 Å². The molecule has 0 aliphatic heterocycles. The highest BCUT2D eigenvalue weighted by Crippen LogP contribution is 2.41. The monoisotopic (exact) mass is 669 g/mol. The van der Waals surface area contributed by atoms with Crippen LogP contribution in [0.15, 0.2) is 168 Å². The summed E-state index contributed by atoms with van der Waals surface area (Å²) in [5, 5.41) is 6.05. The molecule has 0 unspecified atom stereocenters. The van der Waals surface area contributed by atoms with Crippen LogP contribution in [0.4, 0.5) is 0 Å². The molecule has 0 bridgehead atoms. The van der Waals surface area contributed by atoms with Gasteiger partial charge in [-0.15, -0.1) is 11.3 Å². The molecule has 4 heterocycles. The number of furan rings is 1. The van der Waals surface area contributed by atoms with E-state index < -0.39 is 0 Å². The minimum absolute atomic E-state index is 0.534. The predicted octanol–water partition coefficient (Wildman–Crippen LogP) is 12.8. The Bertz CT molecular complexity index is 3110. The molecule has 0 spiro atoms. The molecule has 0 radical (unpaired) electrons. The van der Waals surface area contributed by atoms with Gasteiger partial charge in [0.05, 0.1) is 22.9 Å². The molecule has 51 heavy (non-hydrogen) atoms. The fourth-order valence-corrected chi connectivity index (χ4v) is 8.94. The van der Waals surface area contributed by atoms with Crippen molar-refractivity contribution in [1.82, 2.24) is 14.5 Å². The highest BCUT2D eigenvalue weighted by atomic mass is 32.1. The summed E-state index contributed by atoms with van der Waals surface area (Å²) in [7, 11) is 0. The van der Waals surface area contributed by atoms with Gasteiger partial charge < -0.3 is 8.98 Å². The van der Waals surface area contributed by atoms with Crippen LogP contribution in [0.25, 0.3) is 103 Å². The van der Waals surface area contributed by atoms with E-state index in [9.17, 15) is 0 Å². The molecule has 4 aromatic heterocycles. The zero-order valence-electron chi connectivity index (χ0n) is 27.2. The molecule has 4 nitrogen and oxygen atoms in total. The van der Waals surface area contributed by atoms with Crippen molar-refractivity contribution in [3.63, 3.8) is 0 Å². The van der Waals surface area contributed by atoms with Crippen molar-refractivity contribution in [2.75, 3.05) is 0 Å². The first-order valence-corrected chi connectivity index (χ1v) is 17.9. The molecule has 5 heteroatoms. The van der Waals surface area contributed by atoms with Crippen LogP contribution >= 0.6 is 11.3 Å². The van der Waals surface area contributed by atoms with Crippen molar-refractivity contribution >= 4 is 75.5 Å². The Balaban J connectivity index is 0.977. The summed E-state index contributed by atoms with van der Waals surface area (Å²) in [4.78, 5) is 9.93. The van der Waals surface area contributed by atoms with Crippen molar-refractivity contribution < 1.29 is 4.42 Å². The van der Waals surface area contributed by atoms with Crippen molar-refractivity contribution in [2.24, 2.45) is 0 Å². The van der Waals surface area contributed by atoms with E-state index in [1.807, 2.05) is 23.6 Å². The summed E-state index contributed by atoms with van der Waals surface area (Å²) in [5.74, 6) is 0. The van der Waals surface area contributed by atoms with Crippen molar-refractivity contribution in [1.29, 1.82) is 0 Å². The van der Waals surface area contributed by atoms with Crippen molar-refractivity contribution in [3.05, 3.63) is 164 Å². The smallest absolute Gasteiger partial charge is 0.246 e. The molecule has 0 N–H and O–H groups in total. The van der Waals surface area contributed by atoms with Gasteiger partial charge in [0.25, 0.3) is 0 Å². The van der Waals surface area contributed by atoms with Crippen LogP contribution in [0.1, 0.15) is 0 Å². The molecule has 11 aromatic rings. The summed E-state index contributed by atoms with van der Waals surface area (Å²) in [6, 6.07) is 56.1. The normalized spacial score (nSPS) is 11.9. The Hall–Kier alpha value is -6.56. The summed E-state index contributed by atoms with van der Waals surface area (Å²) in [6.07, 6.45) is 1.86. The van der Waals surface area contributed by atoms with E-state index >= 15 is 0 Å². The highest BCUT2D eigenvalue weighted by molar-refractivity contribution is 7.26. The highest BCUT2D eigenvalue weighted by Gasteiger charge is 2.16. The molecule has 238 valence electrons. The van der Waals surface area contributed by atoms with Gasteiger partial charge in [-0.25, -0.2) is 9.97 Å². The molecular formula is C46H27N3OS. The lowest BCUT2D eigenvalue weighted by Gasteiger charge is -2.09. The fourth-order valence-electron chi connectivity index (χ4n) is 7.70. The van der Waals surface area contributed by atoms with Crippen LogP contribution in [0.2, 0.25) is 0 Å². The third-order valence-electron chi connectivity index (χ3n) is 10.1. The van der Waals surface area contributed by atoms with Crippen LogP contribution in [-0.4, -0.2) is 14.5 Å². The summed E-state index contributed by atoms with van der Waals surface area (Å²) < 4.78 is 11.3. The molecule has 0 atom stereocenters. The average Bonchev–Trinajstić information content (AvgIpc) is 3.87. The number of para-hydroxylation sites is 2. The van der Waals surface area contributed by atoms with Crippen molar-refractivity contribution in [3.8, 4) is 39.2 Å². The Morgan fingerprint density at radius 1 is 0.510 bits per heavy atom. The van der Waals surface area contributed by atoms with Gasteiger partial charge in [-0.1, -0.05) is 109 Å². The number of aromatic nitrogens is 3. The number of thiophene rings is 1. The maximum Gasteiger partial charge on any atom is 0.246 e. The van der Waals surface area contributed by atoms with E-state index in [0.29, 0.717) is 5.71 Å².